The third kappa shape index (κ3) is 3.73. The normalized spacial score (nSPS) is 11.1. The van der Waals surface area contributed by atoms with E-state index < -0.39 is 11.1 Å². The Hall–Kier alpha value is -0.830. The summed E-state index contributed by atoms with van der Waals surface area (Å²) in [5.74, 6) is -0.635. The molecule has 2 N–H and O–H groups in total. The molecular formula is C5H6ClNO2. The van der Waals surface area contributed by atoms with Crippen LogP contribution in [-0.4, -0.2) is 11.1 Å². The molecule has 0 atom stereocenters. The quantitative estimate of drug-likeness (QED) is 0.448. The number of carbonyl (C=O) groups is 2. The Labute approximate surface area is 57.5 Å². The first-order valence-corrected chi connectivity index (χ1v) is 2.59. The van der Waals surface area contributed by atoms with Crippen molar-refractivity contribution in [1.29, 1.82) is 0 Å². The third-order valence-electron chi connectivity index (χ3n) is 0.719. The minimum Gasteiger partial charge on any atom is -0.366 e. The summed E-state index contributed by atoms with van der Waals surface area (Å²) in [7, 11) is 0. The van der Waals surface area contributed by atoms with Gasteiger partial charge in [0.25, 0.3) is 0 Å². The van der Waals surface area contributed by atoms with E-state index in [0.29, 0.717) is 0 Å². The van der Waals surface area contributed by atoms with Gasteiger partial charge in [-0.2, -0.15) is 0 Å². The number of allylic oxidation sites excluding steroid dienone is 1. The second kappa shape index (κ2) is 3.25. The Balaban J connectivity index is 4.17. The first-order valence-electron chi connectivity index (χ1n) is 2.21. The molecule has 1 amide bonds. The van der Waals surface area contributed by atoms with Gasteiger partial charge in [0.05, 0.1) is 0 Å². The van der Waals surface area contributed by atoms with Crippen LogP contribution in [0.3, 0.4) is 0 Å². The molecule has 0 fully saturated rings. The molecule has 0 aromatic carbocycles. The van der Waals surface area contributed by atoms with Crippen molar-refractivity contribution in [2.24, 2.45) is 5.73 Å². The summed E-state index contributed by atoms with van der Waals surface area (Å²) in [6.45, 7) is 1.42. The van der Waals surface area contributed by atoms with Gasteiger partial charge in [-0.25, -0.2) is 0 Å². The van der Waals surface area contributed by atoms with Crippen LogP contribution in [0.5, 0.6) is 0 Å². The second-order valence-electron chi connectivity index (χ2n) is 1.50. The molecule has 0 saturated carbocycles. The summed E-state index contributed by atoms with van der Waals surface area (Å²) in [5, 5.41) is -0.689. The molecule has 4 heteroatoms. The average Bonchev–Trinajstić information content (AvgIpc) is 1.63. The lowest BCUT2D eigenvalue weighted by Crippen LogP contribution is -2.12. The molecule has 0 aliphatic rings. The summed E-state index contributed by atoms with van der Waals surface area (Å²) in [6.07, 6.45) is 0.976. The van der Waals surface area contributed by atoms with Crippen LogP contribution in [-0.2, 0) is 9.59 Å². The van der Waals surface area contributed by atoms with Gasteiger partial charge in [-0.3, -0.25) is 9.59 Å². The van der Waals surface area contributed by atoms with E-state index in [1.807, 2.05) is 0 Å². The van der Waals surface area contributed by atoms with E-state index in [9.17, 15) is 9.59 Å². The zero-order chi connectivity index (χ0) is 7.44. The smallest absolute Gasteiger partial charge is 0.245 e. The van der Waals surface area contributed by atoms with Crippen molar-refractivity contribution in [2.75, 3.05) is 0 Å². The number of amides is 1. The molecule has 50 valence electrons. The van der Waals surface area contributed by atoms with Gasteiger partial charge in [0.15, 0.2) is 0 Å². The van der Waals surface area contributed by atoms with Crippen LogP contribution >= 0.6 is 11.6 Å². The standard InChI is InChI=1S/C5H6ClNO2/c1-3(5(7)9)2-4(6)8/h2H,1H3,(H2,7,9). The molecule has 0 rings (SSSR count). The van der Waals surface area contributed by atoms with Crippen molar-refractivity contribution in [2.45, 2.75) is 6.92 Å². The van der Waals surface area contributed by atoms with Gasteiger partial charge in [0.2, 0.25) is 11.1 Å². The molecule has 0 spiro atoms. The first kappa shape index (κ1) is 8.17. The van der Waals surface area contributed by atoms with Crippen molar-refractivity contribution < 1.29 is 9.59 Å². The van der Waals surface area contributed by atoms with Gasteiger partial charge in [0.1, 0.15) is 0 Å². The lowest BCUT2D eigenvalue weighted by atomic mass is 10.3. The maximum atomic E-state index is 10.2. The summed E-state index contributed by atoms with van der Waals surface area (Å²) in [5.41, 5.74) is 4.93. The number of hydrogen-bond acceptors (Lipinski definition) is 2. The van der Waals surface area contributed by atoms with Crippen molar-refractivity contribution >= 4 is 22.8 Å². The lowest BCUT2D eigenvalue weighted by Gasteiger charge is -1.87. The number of halogens is 1. The fraction of sp³-hybridized carbons (Fsp3) is 0.200. The predicted octanol–water partition coefficient (Wildman–Crippen LogP) is 0.183. The van der Waals surface area contributed by atoms with Gasteiger partial charge >= 0.3 is 0 Å². The van der Waals surface area contributed by atoms with Crippen molar-refractivity contribution in [3.05, 3.63) is 11.6 Å². The number of carbonyl (C=O) groups excluding carboxylic acids is 2. The van der Waals surface area contributed by atoms with Crippen molar-refractivity contribution in [3.8, 4) is 0 Å². The van der Waals surface area contributed by atoms with E-state index in [1.54, 1.807) is 0 Å². The monoisotopic (exact) mass is 147 g/mol. The fourth-order valence-electron chi connectivity index (χ4n) is 0.241. The summed E-state index contributed by atoms with van der Waals surface area (Å²) in [6, 6.07) is 0. The van der Waals surface area contributed by atoms with E-state index >= 15 is 0 Å². The molecule has 0 radical (unpaired) electrons. The maximum absolute atomic E-state index is 10.2. The highest BCUT2D eigenvalue weighted by Gasteiger charge is 1.97. The number of nitrogens with two attached hydrogens (primary N) is 1. The highest BCUT2D eigenvalue weighted by Crippen LogP contribution is 1.92. The summed E-state index contributed by atoms with van der Waals surface area (Å²) >= 11 is 4.89. The van der Waals surface area contributed by atoms with Gasteiger partial charge < -0.3 is 5.73 Å². The van der Waals surface area contributed by atoms with Gasteiger partial charge in [-0.1, -0.05) is 0 Å². The molecule has 9 heavy (non-hydrogen) atoms. The highest BCUT2D eigenvalue weighted by molar-refractivity contribution is 6.66. The minimum absolute atomic E-state index is 0.162. The lowest BCUT2D eigenvalue weighted by molar-refractivity contribution is -0.115. The Bertz CT molecular complexity index is 174. The van der Waals surface area contributed by atoms with Gasteiger partial charge in [-0.05, 0) is 18.5 Å². The van der Waals surface area contributed by atoms with E-state index in [-0.39, 0.29) is 5.57 Å². The predicted molar refractivity (Wildman–Crippen MR) is 33.8 cm³/mol. The third-order valence-corrected chi connectivity index (χ3v) is 0.828. The van der Waals surface area contributed by atoms with Crippen LogP contribution in [0.15, 0.2) is 11.6 Å². The average molecular weight is 148 g/mol. The summed E-state index contributed by atoms with van der Waals surface area (Å²) < 4.78 is 0. The van der Waals surface area contributed by atoms with Crippen LogP contribution in [0.25, 0.3) is 0 Å². The number of primary amides is 1. The molecule has 0 heterocycles. The van der Waals surface area contributed by atoms with Crippen molar-refractivity contribution in [1.82, 2.24) is 0 Å². The topological polar surface area (TPSA) is 60.2 Å². The van der Waals surface area contributed by atoms with Crippen LogP contribution in [0.1, 0.15) is 6.92 Å². The van der Waals surface area contributed by atoms with Crippen LogP contribution in [0, 0.1) is 0 Å². The highest BCUT2D eigenvalue weighted by atomic mass is 35.5. The number of rotatable bonds is 2. The Morgan fingerprint density at radius 2 is 2.00 bits per heavy atom. The molecule has 0 aromatic rings. The van der Waals surface area contributed by atoms with E-state index in [2.05, 4.69) is 0 Å². The zero-order valence-corrected chi connectivity index (χ0v) is 5.61. The molecule has 3 nitrogen and oxygen atoms in total. The maximum Gasteiger partial charge on any atom is 0.245 e. The van der Waals surface area contributed by atoms with Crippen molar-refractivity contribution in [3.63, 3.8) is 0 Å². The van der Waals surface area contributed by atoms with Crippen LogP contribution in [0.4, 0.5) is 0 Å². The molecular weight excluding hydrogens is 142 g/mol. The van der Waals surface area contributed by atoms with Gasteiger partial charge in [0, 0.05) is 11.6 Å². The summed E-state index contributed by atoms with van der Waals surface area (Å²) in [4.78, 5) is 20.2. The van der Waals surface area contributed by atoms with Crippen LogP contribution in [0.2, 0.25) is 0 Å². The zero-order valence-electron chi connectivity index (χ0n) is 4.85. The Morgan fingerprint density at radius 1 is 1.56 bits per heavy atom. The SMILES string of the molecule is CC(=CC(=O)Cl)C(N)=O. The molecule has 0 saturated heterocycles. The minimum atomic E-state index is -0.689. The van der Waals surface area contributed by atoms with E-state index in [4.69, 9.17) is 17.3 Å². The van der Waals surface area contributed by atoms with E-state index in [1.165, 1.54) is 6.92 Å². The fourth-order valence-corrected chi connectivity index (χ4v) is 0.405. The van der Waals surface area contributed by atoms with E-state index in [0.717, 1.165) is 6.08 Å². The molecule has 0 bridgehead atoms. The first-order chi connectivity index (χ1) is 4.04. The largest absolute Gasteiger partial charge is 0.366 e. The second-order valence-corrected chi connectivity index (χ2v) is 1.87. The van der Waals surface area contributed by atoms with Crippen LogP contribution < -0.4 is 5.73 Å². The molecule has 0 aromatic heterocycles. The Kier molecular flexibility index (Phi) is 2.95. The molecule has 0 aliphatic heterocycles. The Morgan fingerprint density at radius 3 is 2.11 bits per heavy atom. The number of hydrogen-bond donors (Lipinski definition) is 1. The molecule has 0 unspecified atom stereocenters. The molecule has 0 aliphatic carbocycles. The van der Waals surface area contributed by atoms with Gasteiger partial charge in [-0.15, -0.1) is 0 Å².